The number of rotatable bonds is 4. The zero-order valence-corrected chi connectivity index (χ0v) is 12.8. The first kappa shape index (κ1) is 14.9. The molecule has 2 saturated heterocycles. The van der Waals surface area contributed by atoms with E-state index in [1.54, 1.807) is 12.1 Å². The van der Waals surface area contributed by atoms with Crippen LogP contribution in [-0.2, 0) is 21.1 Å². The Bertz CT molecular complexity index is 576. The predicted molar refractivity (Wildman–Crippen MR) is 78.5 cm³/mol. The first-order valence-corrected chi connectivity index (χ1v) is 8.86. The van der Waals surface area contributed by atoms with Crippen LogP contribution in [0.3, 0.4) is 0 Å². The molecular weight excluding hydrogens is 290 g/mol. The summed E-state index contributed by atoms with van der Waals surface area (Å²) >= 11 is 0. The topological polar surface area (TPSA) is 85.5 Å². The second-order valence-electron chi connectivity index (χ2n) is 5.66. The van der Waals surface area contributed by atoms with Gasteiger partial charge in [0, 0.05) is 12.7 Å². The summed E-state index contributed by atoms with van der Waals surface area (Å²) in [5.41, 5.74) is 6.19. The van der Waals surface area contributed by atoms with Gasteiger partial charge in [0.1, 0.15) is 0 Å². The van der Waals surface area contributed by atoms with E-state index in [2.05, 4.69) is 9.88 Å². The van der Waals surface area contributed by atoms with Crippen LogP contribution in [0.1, 0.15) is 18.5 Å². The quantitative estimate of drug-likeness (QED) is 0.853. The van der Waals surface area contributed by atoms with E-state index in [-0.39, 0.29) is 5.25 Å². The van der Waals surface area contributed by atoms with E-state index in [4.69, 9.17) is 10.5 Å². The Balaban J connectivity index is 1.67. The summed E-state index contributed by atoms with van der Waals surface area (Å²) in [6, 6.07) is 3.80. The Morgan fingerprint density at radius 1 is 1.29 bits per heavy atom. The number of hydrogen-bond donors (Lipinski definition) is 1. The normalized spacial score (nSPS) is 22.1. The van der Waals surface area contributed by atoms with Crippen LogP contribution in [0, 0.1) is 0 Å². The molecule has 0 atom stereocenters. The fraction of sp³-hybridized carbons (Fsp3) is 0.643. The minimum atomic E-state index is -3.29. The van der Waals surface area contributed by atoms with Crippen LogP contribution in [0.2, 0.25) is 0 Å². The van der Waals surface area contributed by atoms with Gasteiger partial charge in [0.05, 0.1) is 35.1 Å². The lowest BCUT2D eigenvalue weighted by molar-refractivity contribution is -0.0695. The van der Waals surface area contributed by atoms with E-state index in [0.717, 1.165) is 26.3 Å². The van der Waals surface area contributed by atoms with Gasteiger partial charge in [0.15, 0.2) is 9.84 Å². The summed E-state index contributed by atoms with van der Waals surface area (Å²) in [7, 11) is -3.29. The van der Waals surface area contributed by atoms with Crippen LogP contribution >= 0.6 is 0 Å². The van der Waals surface area contributed by atoms with Crippen molar-refractivity contribution in [1.29, 1.82) is 0 Å². The highest BCUT2D eigenvalue weighted by Crippen LogP contribution is 2.26. The molecule has 3 heterocycles. The van der Waals surface area contributed by atoms with Gasteiger partial charge in [-0.15, -0.1) is 0 Å². The number of nitrogens with two attached hydrogens (primary N) is 1. The van der Waals surface area contributed by atoms with Crippen molar-refractivity contribution in [3.05, 3.63) is 24.0 Å². The Hall–Kier alpha value is -1.02. The molecule has 116 valence electrons. The minimum absolute atomic E-state index is 0.305. The van der Waals surface area contributed by atoms with Crippen LogP contribution in [0.5, 0.6) is 0 Å². The molecular formula is C14H21N3O3S. The number of hydrogen-bond acceptors (Lipinski definition) is 6. The molecule has 6 nitrogen and oxygen atoms in total. The molecule has 21 heavy (non-hydrogen) atoms. The average Bonchev–Trinajstić information content (AvgIpc) is 2.46. The van der Waals surface area contributed by atoms with Gasteiger partial charge in [-0.3, -0.25) is 9.88 Å². The van der Waals surface area contributed by atoms with Gasteiger partial charge in [-0.25, -0.2) is 8.42 Å². The van der Waals surface area contributed by atoms with E-state index in [0.29, 0.717) is 36.0 Å². The van der Waals surface area contributed by atoms with E-state index in [1.165, 1.54) is 6.20 Å². The van der Waals surface area contributed by atoms with Gasteiger partial charge < -0.3 is 10.5 Å². The van der Waals surface area contributed by atoms with Crippen molar-refractivity contribution in [2.75, 3.05) is 26.3 Å². The van der Waals surface area contributed by atoms with E-state index >= 15 is 0 Å². The Morgan fingerprint density at radius 2 is 2.00 bits per heavy atom. The van der Waals surface area contributed by atoms with Gasteiger partial charge in [-0.1, -0.05) is 0 Å². The molecule has 2 aliphatic rings. The largest absolute Gasteiger partial charge is 0.378 e. The van der Waals surface area contributed by atoms with Crippen LogP contribution in [0.4, 0.5) is 0 Å². The number of nitrogens with zero attached hydrogens (tertiary/aromatic N) is 2. The van der Waals surface area contributed by atoms with Crippen molar-refractivity contribution in [3.8, 4) is 0 Å². The number of aromatic nitrogens is 1. The Kier molecular flexibility index (Phi) is 4.26. The molecule has 2 aliphatic heterocycles. The molecule has 1 aromatic rings. The third kappa shape index (κ3) is 2.96. The summed E-state index contributed by atoms with van der Waals surface area (Å²) in [4.78, 5) is 6.74. The summed E-state index contributed by atoms with van der Waals surface area (Å²) in [6.07, 6.45) is 2.79. The van der Waals surface area contributed by atoms with Gasteiger partial charge in [0.25, 0.3) is 0 Å². The minimum Gasteiger partial charge on any atom is -0.378 e. The van der Waals surface area contributed by atoms with E-state index < -0.39 is 9.84 Å². The lowest BCUT2D eigenvalue weighted by atomic mass is 10.1. The standard InChI is InChI=1S/C14H21N3O3S/c15-7-11-1-2-14(8-16-11)21(18,19)13-3-5-17(6-4-13)12-9-20-10-12/h1-2,8,12-13H,3-7,9-10,15H2. The van der Waals surface area contributed by atoms with E-state index in [9.17, 15) is 8.42 Å². The SMILES string of the molecule is NCc1ccc(S(=O)(=O)C2CCN(C3COC3)CC2)cn1. The Morgan fingerprint density at radius 3 is 2.48 bits per heavy atom. The average molecular weight is 311 g/mol. The fourth-order valence-electron chi connectivity index (χ4n) is 2.88. The molecule has 2 fully saturated rings. The summed E-state index contributed by atoms with van der Waals surface area (Å²) in [5, 5.41) is -0.305. The predicted octanol–water partition coefficient (Wildman–Crippen LogP) is 0.177. The lowest BCUT2D eigenvalue weighted by Gasteiger charge is -2.41. The van der Waals surface area contributed by atoms with Gasteiger partial charge in [-0.2, -0.15) is 0 Å². The third-order valence-electron chi connectivity index (χ3n) is 4.39. The molecule has 0 amide bonds. The summed E-state index contributed by atoms with van der Waals surface area (Å²) in [6.45, 7) is 3.53. The molecule has 1 aromatic heterocycles. The maximum Gasteiger partial charge on any atom is 0.182 e. The highest BCUT2D eigenvalue weighted by Gasteiger charge is 2.35. The molecule has 0 saturated carbocycles. The monoisotopic (exact) mass is 311 g/mol. The summed E-state index contributed by atoms with van der Waals surface area (Å²) in [5.74, 6) is 0. The number of ether oxygens (including phenoxy) is 1. The number of sulfone groups is 1. The van der Waals surface area contributed by atoms with Gasteiger partial charge >= 0.3 is 0 Å². The highest BCUT2D eigenvalue weighted by atomic mass is 32.2. The second kappa shape index (κ2) is 6.00. The van der Waals surface area contributed by atoms with Crippen LogP contribution in [0.15, 0.2) is 23.2 Å². The van der Waals surface area contributed by atoms with Crippen molar-refractivity contribution in [3.63, 3.8) is 0 Å². The Labute approximate surface area is 125 Å². The van der Waals surface area contributed by atoms with Crippen molar-refractivity contribution in [2.24, 2.45) is 5.73 Å². The maximum absolute atomic E-state index is 12.6. The van der Waals surface area contributed by atoms with E-state index in [1.807, 2.05) is 0 Å². The first-order valence-electron chi connectivity index (χ1n) is 7.32. The maximum atomic E-state index is 12.6. The van der Waals surface area contributed by atoms with Crippen LogP contribution in [-0.4, -0.2) is 55.9 Å². The van der Waals surface area contributed by atoms with Crippen molar-refractivity contribution in [2.45, 2.75) is 35.6 Å². The molecule has 0 radical (unpaired) electrons. The number of likely N-dealkylation sites (tertiary alicyclic amines) is 1. The third-order valence-corrected chi connectivity index (χ3v) is 6.64. The number of piperidine rings is 1. The van der Waals surface area contributed by atoms with Crippen molar-refractivity contribution in [1.82, 2.24) is 9.88 Å². The van der Waals surface area contributed by atoms with Crippen molar-refractivity contribution < 1.29 is 13.2 Å². The molecule has 0 unspecified atom stereocenters. The van der Waals surface area contributed by atoms with Crippen LogP contribution in [0.25, 0.3) is 0 Å². The van der Waals surface area contributed by atoms with Crippen LogP contribution < -0.4 is 5.73 Å². The zero-order chi connectivity index (χ0) is 14.9. The second-order valence-corrected chi connectivity index (χ2v) is 7.89. The van der Waals surface area contributed by atoms with Gasteiger partial charge in [0.2, 0.25) is 0 Å². The molecule has 2 N–H and O–H groups in total. The number of pyridine rings is 1. The summed E-state index contributed by atoms with van der Waals surface area (Å²) < 4.78 is 30.5. The molecule has 3 rings (SSSR count). The van der Waals surface area contributed by atoms with Crippen molar-refractivity contribution >= 4 is 9.84 Å². The molecule has 0 bridgehead atoms. The molecule has 0 aliphatic carbocycles. The first-order chi connectivity index (χ1) is 10.1. The highest BCUT2D eigenvalue weighted by molar-refractivity contribution is 7.92. The molecule has 7 heteroatoms. The smallest absolute Gasteiger partial charge is 0.182 e. The lowest BCUT2D eigenvalue weighted by Crippen LogP contribution is -2.53. The fourth-order valence-corrected chi connectivity index (χ4v) is 4.55. The molecule has 0 aromatic carbocycles. The molecule has 0 spiro atoms. The zero-order valence-electron chi connectivity index (χ0n) is 11.9. The van der Waals surface area contributed by atoms with Gasteiger partial charge in [-0.05, 0) is 38.1 Å².